The first-order chi connectivity index (χ1) is 0. The number of rotatable bonds is 0. The minimum atomic E-state index is 0. The van der Waals surface area contributed by atoms with Crippen LogP contribution in [0.15, 0.2) is 0 Å². The fraction of sp³-hybridized carbons (Fsp3) is 0. The molecule has 0 aromatic carbocycles. The zero-order chi connectivity index (χ0) is 0. The van der Waals surface area contributed by atoms with Crippen LogP contribution in [0.25, 0.3) is 0 Å². The normalized spacial score (nSPS) is 0. The second-order valence-corrected chi connectivity index (χ2v) is 0. The van der Waals surface area contributed by atoms with Gasteiger partial charge in [-0.2, -0.15) is 0 Å². The third-order valence-electron chi connectivity index (χ3n) is 0. The molecule has 0 saturated heterocycles. The first-order valence-corrected chi connectivity index (χ1v) is 0. The molecular formula is Cl5CsKLa. The molecule has 8 heavy (non-hydrogen) atoms. The van der Waals surface area contributed by atoms with E-state index in [1.165, 1.54) is 0 Å². The Morgan fingerprint density at radius 1 is 0.500 bits per heavy atom. The quantitative estimate of drug-likeness (QED) is 0.298. The van der Waals surface area contributed by atoms with E-state index >= 15 is 0 Å². The minimum Gasteiger partial charge on any atom is -1.00 e. The van der Waals surface area contributed by atoms with Gasteiger partial charge in [0.15, 0.2) is 0 Å². The smallest absolute Gasteiger partial charge is 1.00 e. The molecule has 0 fully saturated rings. The van der Waals surface area contributed by atoms with Crippen LogP contribution in [0.1, 0.15) is 0 Å². The summed E-state index contributed by atoms with van der Waals surface area (Å²) in [5.74, 6) is 0. The Morgan fingerprint density at radius 2 is 0.500 bits per heavy atom. The molecule has 0 aromatic rings. The third-order valence-corrected chi connectivity index (χ3v) is 0. The van der Waals surface area contributed by atoms with Crippen molar-refractivity contribution in [3.63, 3.8) is 0 Å². The molecule has 0 aliphatic heterocycles. The zero-order valence-corrected chi connectivity index (χ0v) is 21.3. The van der Waals surface area contributed by atoms with Crippen LogP contribution in [0.3, 0.4) is 0 Å². The molecule has 0 atom stereocenters. The van der Waals surface area contributed by atoms with E-state index in [4.69, 9.17) is 0 Å². The maximum atomic E-state index is 0. The topological polar surface area (TPSA) is 0 Å². The van der Waals surface area contributed by atoms with Crippen molar-refractivity contribution in [2.75, 3.05) is 0 Å². The first-order valence-electron chi connectivity index (χ1n) is 0. The summed E-state index contributed by atoms with van der Waals surface area (Å²) in [5.41, 5.74) is 0. The van der Waals surface area contributed by atoms with Gasteiger partial charge in [0.1, 0.15) is 0 Å². The molecule has 8 heteroatoms. The Bertz CT molecular complexity index is 12.4. The molecule has 0 nitrogen and oxygen atoms in total. The zero-order valence-electron chi connectivity index (χ0n) is 4.47. The van der Waals surface area contributed by atoms with Crippen LogP contribution in [0.2, 0.25) is 0 Å². The summed E-state index contributed by atoms with van der Waals surface area (Å²) in [5, 5.41) is 0. The Hall–Kier alpha value is 6.33. The fourth-order valence-corrected chi connectivity index (χ4v) is 0. The van der Waals surface area contributed by atoms with E-state index in [1.807, 2.05) is 0 Å². The van der Waals surface area contributed by atoms with Crippen LogP contribution in [-0.4, -0.2) is 0 Å². The molecule has 0 bridgehead atoms. The first kappa shape index (κ1) is 63.5. The van der Waals surface area contributed by atoms with Gasteiger partial charge in [0.05, 0.1) is 0 Å². The van der Waals surface area contributed by atoms with Gasteiger partial charge in [-0.15, -0.1) is 0 Å². The molecule has 0 radical (unpaired) electrons. The van der Waals surface area contributed by atoms with Crippen molar-refractivity contribution in [2.45, 2.75) is 0 Å². The van der Waals surface area contributed by atoms with Crippen LogP contribution in [0.5, 0.6) is 0 Å². The maximum Gasteiger partial charge on any atom is 3.00 e. The number of halogens is 5. The molecule has 0 saturated carbocycles. The van der Waals surface area contributed by atoms with Crippen molar-refractivity contribution in [1.82, 2.24) is 0 Å². The van der Waals surface area contributed by atoms with Gasteiger partial charge in [0.25, 0.3) is 0 Å². The largest absolute Gasteiger partial charge is 3.00 e. The van der Waals surface area contributed by atoms with Crippen LogP contribution in [0.4, 0.5) is 0 Å². The Morgan fingerprint density at radius 3 is 0.500 bits per heavy atom. The summed E-state index contributed by atoms with van der Waals surface area (Å²) in [6.45, 7) is 0. The van der Waals surface area contributed by atoms with Crippen molar-refractivity contribution in [2.24, 2.45) is 0 Å². The van der Waals surface area contributed by atoms with Crippen molar-refractivity contribution in [1.29, 1.82) is 0 Å². The molecule has 0 aromatic heterocycles. The second kappa shape index (κ2) is 50.6. The number of hydrogen-bond acceptors (Lipinski definition) is 0. The Kier molecular flexibility index (Phi) is 402. The summed E-state index contributed by atoms with van der Waals surface area (Å²) in [6, 6.07) is 0. The summed E-state index contributed by atoms with van der Waals surface area (Å²) >= 11 is 0. The third kappa shape index (κ3) is 39.5. The van der Waals surface area contributed by atoms with Crippen LogP contribution >= 0.6 is 0 Å². The second-order valence-electron chi connectivity index (χ2n) is 0. The average Bonchev–Trinajstić information content (AvgIpc) is 0. The molecular weight excluding hydrogens is 488 g/mol. The molecule has 40 valence electrons. The van der Waals surface area contributed by atoms with E-state index in [0.29, 0.717) is 0 Å². The summed E-state index contributed by atoms with van der Waals surface area (Å²) in [4.78, 5) is 0. The standard InChI is InChI=1S/5ClH.Cs.K.La/h5*1H;;;/q;;;;;2*+1;+3/p-5. The van der Waals surface area contributed by atoms with Crippen molar-refractivity contribution < 1.29 is 218 Å². The molecule has 0 rings (SSSR count). The van der Waals surface area contributed by atoms with Crippen LogP contribution in [0, 0.1) is 35.6 Å². The number of hydrogen-bond donors (Lipinski definition) is 0. The van der Waals surface area contributed by atoms with E-state index < -0.39 is 0 Å². The molecule has 0 spiro atoms. The molecule has 0 unspecified atom stereocenters. The average molecular weight is 488 g/mol. The van der Waals surface area contributed by atoms with Gasteiger partial charge in [-0.25, -0.2) is 0 Å². The fourth-order valence-electron chi connectivity index (χ4n) is 0. The molecule has 0 heterocycles. The molecule has 0 aliphatic rings. The maximum absolute atomic E-state index is 0. The summed E-state index contributed by atoms with van der Waals surface area (Å²) < 4.78 is 0. The van der Waals surface area contributed by atoms with E-state index in [9.17, 15) is 0 Å². The van der Waals surface area contributed by atoms with Gasteiger partial charge >= 0.3 is 156 Å². The van der Waals surface area contributed by atoms with Crippen molar-refractivity contribution in [3.05, 3.63) is 0 Å². The van der Waals surface area contributed by atoms with E-state index in [1.54, 1.807) is 0 Å². The molecule has 0 N–H and O–H groups in total. The predicted octanol–water partition coefficient (Wildman–Crippen LogP) is -21.0. The summed E-state index contributed by atoms with van der Waals surface area (Å²) in [6.07, 6.45) is 0. The van der Waals surface area contributed by atoms with Gasteiger partial charge in [0, 0.05) is 0 Å². The SMILES string of the molecule is [Cl-].[Cl-].[Cl-].[Cl-].[Cl-].[Cs+].[K+].[La+3]. The van der Waals surface area contributed by atoms with E-state index in [2.05, 4.69) is 0 Å². The minimum absolute atomic E-state index is 0. The van der Waals surface area contributed by atoms with Gasteiger partial charge in [-0.05, 0) is 0 Å². The van der Waals surface area contributed by atoms with Gasteiger partial charge in [-0.1, -0.05) is 0 Å². The van der Waals surface area contributed by atoms with Gasteiger partial charge < -0.3 is 62.0 Å². The Labute approximate surface area is 210 Å². The predicted molar refractivity (Wildman–Crippen MR) is 0 cm³/mol. The summed E-state index contributed by atoms with van der Waals surface area (Å²) in [7, 11) is 0. The van der Waals surface area contributed by atoms with Gasteiger partial charge in [0.2, 0.25) is 0 Å². The monoisotopic (exact) mass is 486 g/mol. The van der Waals surface area contributed by atoms with Gasteiger partial charge in [-0.3, -0.25) is 0 Å². The van der Waals surface area contributed by atoms with Crippen molar-refractivity contribution >= 4 is 0 Å². The van der Waals surface area contributed by atoms with Crippen LogP contribution in [-0.2, 0) is 0 Å². The molecule has 0 aliphatic carbocycles. The van der Waals surface area contributed by atoms with E-state index in [0.717, 1.165) is 0 Å². The Balaban J connectivity index is 0. The van der Waals surface area contributed by atoms with Crippen LogP contribution < -0.4 is 182 Å². The van der Waals surface area contributed by atoms with Crippen molar-refractivity contribution in [3.8, 4) is 0 Å². The molecule has 0 amide bonds. The van der Waals surface area contributed by atoms with E-state index in [-0.39, 0.29) is 218 Å².